The van der Waals surface area contributed by atoms with Gasteiger partial charge in [-0.25, -0.2) is 18.0 Å². The molecule has 0 saturated carbocycles. The normalized spacial score (nSPS) is 12.6. The topological polar surface area (TPSA) is 112 Å². The summed E-state index contributed by atoms with van der Waals surface area (Å²) in [5.74, 6) is -0.107. The van der Waals surface area contributed by atoms with Crippen molar-refractivity contribution < 1.29 is 27.1 Å². The Bertz CT molecular complexity index is 1570. The average molecular weight is 482 g/mol. The van der Waals surface area contributed by atoms with Gasteiger partial charge in [-0.05, 0) is 63.2 Å². The van der Waals surface area contributed by atoms with Crippen LogP contribution in [0.25, 0.3) is 21.7 Å². The molecule has 9 heteroatoms. The minimum Gasteiger partial charge on any atom is -0.497 e. The van der Waals surface area contributed by atoms with Crippen LogP contribution in [0.1, 0.15) is 18.1 Å². The smallest absolute Gasteiger partial charge is 0.344 e. The van der Waals surface area contributed by atoms with Crippen molar-refractivity contribution in [1.82, 2.24) is 4.72 Å². The van der Waals surface area contributed by atoms with Gasteiger partial charge in [-0.3, -0.25) is 0 Å². The van der Waals surface area contributed by atoms with Crippen molar-refractivity contribution in [2.45, 2.75) is 31.7 Å². The van der Waals surface area contributed by atoms with E-state index in [-0.39, 0.29) is 16.2 Å². The number of hydrogen-bond acceptors (Lipinski definition) is 7. The molecule has 0 spiro atoms. The predicted octanol–water partition coefficient (Wildman–Crippen LogP) is 3.84. The highest BCUT2D eigenvalue weighted by Crippen LogP contribution is 2.32. The Balaban J connectivity index is 1.62. The van der Waals surface area contributed by atoms with Crippen LogP contribution in [-0.2, 0) is 14.8 Å². The van der Waals surface area contributed by atoms with E-state index in [9.17, 15) is 18.0 Å². The molecule has 3 aromatic carbocycles. The highest BCUT2D eigenvalue weighted by molar-refractivity contribution is 7.89. The van der Waals surface area contributed by atoms with Crippen LogP contribution in [0, 0.1) is 13.8 Å². The lowest BCUT2D eigenvalue weighted by atomic mass is 10.0. The highest BCUT2D eigenvalue weighted by Gasteiger charge is 2.24. The molecule has 176 valence electrons. The van der Waals surface area contributed by atoms with E-state index in [2.05, 4.69) is 4.72 Å². The first-order chi connectivity index (χ1) is 16.1. The molecule has 0 radical (unpaired) electrons. The molecule has 0 bridgehead atoms. The lowest BCUT2D eigenvalue weighted by molar-refractivity contribution is -0.135. The summed E-state index contributed by atoms with van der Waals surface area (Å²) in [5, 5.41) is 1.71. The van der Waals surface area contributed by atoms with Crippen LogP contribution in [0.3, 0.4) is 0 Å². The van der Waals surface area contributed by atoms with Gasteiger partial charge >= 0.3 is 11.6 Å². The van der Waals surface area contributed by atoms with Crippen LogP contribution in [0.5, 0.6) is 11.5 Å². The first-order valence-corrected chi connectivity index (χ1v) is 11.9. The van der Waals surface area contributed by atoms with Crippen molar-refractivity contribution in [3.63, 3.8) is 0 Å². The van der Waals surface area contributed by atoms with Gasteiger partial charge in [0.05, 0.1) is 17.4 Å². The van der Waals surface area contributed by atoms with Crippen molar-refractivity contribution in [3.8, 4) is 11.5 Å². The molecule has 0 amide bonds. The van der Waals surface area contributed by atoms with Crippen LogP contribution >= 0.6 is 0 Å². The number of nitrogens with one attached hydrogen (secondary N) is 1. The number of hydrogen-bond donors (Lipinski definition) is 1. The fraction of sp³-hybridized carbons (Fsp3) is 0.200. The van der Waals surface area contributed by atoms with Crippen molar-refractivity contribution >= 4 is 37.7 Å². The monoisotopic (exact) mass is 481 g/mol. The second-order valence-electron chi connectivity index (χ2n) is 7.94. The maximum Gasteiger partial charge on any atom is 0.344 e. The standard InChI is InChI=1S/C25H23NO7S/c1-14-5-8-18(9-6-14)34(29,30)26-16(3)24(27)32-22-12-11-20-19-10-7-17(31-4)13-21(19)25(28)33-23(20)15(22)2/h5-13,16,26H,1-4H3/t16-/m0/s1. The predicted molar refractivity (Wildman–Crippen MR) is 128 cm³/mol. The van der Waals surface area contributed by atoms with Gasteiger partial charge in [0.15, 0.2) is 0 Å². The van der Waals surface area contributed by atoms with Crippen molar-refractivity contribution in [2.75, 3.05) is 7.11 Å². The zero-order valence-corrected chi connectivity index (χ0v) is 19.9. The van der Waals surface area contributed by atoms with E-state index in [1.54, 1.807) is 49.4 Å². The lowest BCUT2D eigenvalue weighted by Gasteiger charge is -2.15. The lowest BCUT2D eigenvalue weighted by Crippen LogP contribution is -2.40. The summed E-state index contributed by atoms with van der Waals surface area (Å²) in [7, 11) is -2.40. The Hall–Kier alpha value is -3.69. The zero-order chi connectivity index (χ0) is 24.6. The van der Waals surface area contributed by atoms with E-state index in [0.717, 1.165) is 5.56 Å². The van der Waals surface area contributed by atoms with Gasteiger partial charge in [-0.1, -0.05) is 17.7 Å². The molecule has 1 heterocycles. The number of ether oxygens (including phenoxy) is 2. The van der Waals surface area contributed by atoms with E-state index < -0.39 is 27.7 Å². The Kier molecular flexibility index (Phi) is 6.16. The van der Waals surface area contributed by atoms with E-state index in [4.69, 9.17) is 13.9 Å². The van der Waals surface area contributed by atoms with Crippen molar-refractivity contribution in [3.05, 3.63) is 76.1 Å². The average Bonchev–Trinajstić information content (AvgIpc) is 2.81. The molecule has 0 aliphatic heterocycles. The Morgan fingerprint density at radius 2 is 1.65 bits per heavy atom. The van der Waals surface area contributed by atoms with Crippen molar-refractivity contribution in [2.24, 2.45) is 0 Å². The molecule has 0 unspecified atom stereocenters. The number of rotatable bonds is 6. The van der Waals surface area contributed by atoms with Gasteiger partial charge in [0.25, 0.3) is 0 Å². The number of benzene rings is 3. The molecule has 8 nitrogen and oxygen atoms in total. The summed E-state index contributed by atoms with van der Waals surface area (Å²) < 4.78 is 43.6. The molecule has 0 fully saturated rings. The van der Waals surface area contributed by atoms with E-state index in [1.165, 1.54) is 26.2 Å². The Morgan fingerprint density at radius 1 is 0.971 bits per heavy atom. The second-order valence-corrected chi connectivity index (χ2v) is 9.66. The second kappa shape index (κ2) is 8.92. The number of fused-ring (bicyclic) bond motifs is 3. The van der Waals surface area contributed by atoms with Gasteiger partial charge in [0, 0.05) is 16.3 Å². The number of aryl methyl sites for hydroxylation is 2. The fourth-order valence-corrected chi connectivity index (χ4v) is 4.78. The van der Waals surface area contributed by atoms with Crippen LogP contribution < -0.4 is 19.8 Å². The van der Waals surface area contributed by atoms with Gasteiger partial charge in [-0.2, -0.15) is 4.72 Å². The quantitative estimate of drug-likeness (QED) is 0.193. The van der Waals surface area contributed by atoms with Gasteiger partial charge in [0.1, 0.15) is 23.1 Å². The molecule has 0 aliphatic rings. The van der Waals surface area contributed by atoms with Crippen molar-refractivity contribution in [1.29, 1.82) is 0 Å². The molecular formula is C25H23NO7S. The largest absolute Gasteiger partial charge is 0.497 e. The van der Waals surface area contributed by atoms with Crippen LogP contribution in [0.2, 0.25) is 0 Å². The minimum atomic E-state index is -3.92. The van der Waals surface area contributed by atoms with Crippen LogP contribution in [0.15, 0.2) is 68.7 Å². The Labute approximate surface area is 196 Å². The number of carbonyl (C=O) groups is 1. The number of esters is 1. The zero-order valence-electron chi connectivity index (χ0n) is 19.0. The van der Waals surface area contributed by atoms with Gasteiger partial charge in [0.2, 0.25) is 10.0 Å². The number of sulfonamides is 1. The van der Waals surface area contributed by atoms with E-state index in [1.807, 2.05) is 6.92 Å². The molecule has 4 aromatic rings. The maximum atomic E-state index is 12.7. The molecule has 0 aliphatic carbocycles. The molecular weight excluding hydrogens is 458 g/mol. The third-order valence-corrected chi connectivity index (χ3v) is 7.07. The van der Waals surface area contributed by atoms with E-state index >= 15 is 0 Å². The summed E-state index contributed by atoms with van der Waals surface area (Å²) in [6.07, 6.45) is 0. The third kappa shape index (κ3) is 4.40. The first-order valence-electron chi connectivity index (χ1n) is 10.5. The SMILES string of the molecule is COc1ccc2c(c1)c(=O)oc1c(C)c(OC(=O)[C@H](C)NS(=O)(=O)c3ccc(C)cc3)ccc12. The van der Waals surface area contributed by atoms with Gasteiger partial charge in [-0.15, -0.1) is 0 Å². The molecule has 4 rings (SSSR count). The first kappa shape index (κ1) is 23.5. The van der Waals surface area contributed by atoms with Crippen LogP contribution in [-0.4, -0.2) is 27.5 Å². The molecule has 1 atom stereocenters. The van der Waals surface area contributed by atoms with Gasteiger partial charge < -0.3 is 13.9 Å². The van der Waals surface area contributed by atoms with E-state index in [0.29, 0.717) is 27.5 Å². The number of methoxy groups -OCH3 is 1. The van der Waals surface area contributed by atoms with Crippen LogP contribution in [0.4, 0.5) is 0 Å². The fourth-order valence-electron chi connectivity index (χ4n) is 3.59. The summed E-state index contributed by atoms with van der Waals surface area (Å²) >= 11 is 0. The maximum absolute atomic E-state index is 12.7. The molecule has 1 aromatic heterocycles. The Morgan fingerprint density at radius 3 is 2.32 bits per heavy atom. The number of carbonyl (C=O) groups excluding carboxylic acids is 1. The summed E-state index contributed by atoms with van der Waals surface area (Å²) in [5.41, 5.74) is 1.08. The molecule has 34 heavy (non-hydrogen) atoms. The highest BCUT2D eigenvalue weighted by atomic mass is 32.2. The summed E-state index contributed by atoms with van der Waals surface area (Å²) in [6, 6.07) is 13.5. The molecule has 1 N–H and O–H groups in total. The molecule has 0 saturated heterocycles. The summed E-state index contributed by atoms with van der Waals surface area (Å²) in [6.45, 7) is 4.90. The minimum absolute atomic E-state index is 0.0462. The third-order valence-electron chi connectivity index (χ3n) is 5.52. The summed E-state index contributed by atoms with van der Waals surface area (Å²) in [4.78, 5) is 25.3.